The molecule has 0 radical (unpaired) electrons. The molecule has 1 fully saturated rings. The van der Waals surface area contributed by atoms with Gasteiger partial charge in [-0.25, -0.2) is 4.99 Å². The number of hydrogen-bond donors (Lipinski definition) is 1. The van der Waals surface area contributed by atoms with Crippen LogP contribution in [-0.2, 0) is 13.0 Å². The van der Waals surface area contributed by atoms with Crippen LogP contribution in [0.4, 0.5) is 0 Å². The van der Waals surface area contributed by atoms with Crippen LogP contribution in [0.25, 0.3) is 5.31 Å². The third-order valence-corrected chi connectivity index (χ3v) is 9.58. The third-order valence-electron chi connectivity index (χ3n) is 7.37. The molecule has 3 heterocycles. The third kappa shape index (κ3) is 5.98. The number of nitrogens with one attached hydrogen (secondary N) is 1. The van der Waals surface area contributed by atoms with E-state index in [0.717, 1.165) is 70.9 Å². The number of amides is 1. The lowest BCUT2D eigenvalue weighted by Crippen LogP contribution is -2.43. The van der Waals surface area contributed by atoms with Gasteiger partial charge in [-0.15, -0.1) is 0 Å². The highest BCUT2D eigenvalue weighted by molar-refractivity contribution is 7.74. The van der Waals surface area contributed by atoms with Crippen LogP contribution < -0.4 is 10.8 Å². The first-order valence-electron chi connectivity index (χ1n) is 13.3. The maximum atomic E-state index is 13.6. The molecule has 0 bridgehead atoms. The molecule has 6 nitrogen and oxygen atoms in total. The molecule has 0 spiro atoms. The average molecular weight is 530 g/mol. The number of pyridine rings is 1. The fourth-order valence-electron chi connectivity index (χ4n) is 5.34. The summed E-state index contributed by atoms with van der Waals surface area (Å²) in [7, 11) is 1.42. The Morgan fingerprint density at radius 2 is 1.89 bits per heavy atom. The summed E-state index contributed by atoms with van der Waals surface area (Å²) in [6.07, 6.45) is 8.54. The molecule has 2 aromatic rings. The van der Waals surface area contributed by atoms with Gasteiger partial charge in [0.25, 0.3) is 5.91 Å². The number of benzene rings is 1. The van der Waals surface area contributed by atoms with Gasteiger partial charge >= 0.3 is 0 Å². The topological polar surface area (TPSA) is 60.8 Å². The van der Waals surface area contributed by atoms with Crippen LogP contribution in [0.5, 0.6) is 0 Å². The maximum Gasteiger partial charge on any atom is 0.252 e. The van der Waals surface area contributed by atoms with Gasteiger partial charge in [0, 0.05) is 62.2 Å². The summed E-state index contributed by atoms with van der Waals surface area (Å²) < 4.78 is 0. The number of aryl methyl sites for hydroxylation is 3. The quantitative estimate of drug-likeness (QED) is 0.339. The number of rotatable bonds is 5. The summed E-state index contributed by atoms with van der Waals surface area (Å²) in [5.41, 5.74) is 8.41. The largest absolute Gasteiger partial charge is 0.354 e. The molecule has 1 atom stereocenters. The van der Waals surface area contributed by atoms with Crippen LogP contribution in [0.15, 0.2) is 53.8 Å². The number of nitrogens with zero attached hydrogens (tertiary/aromatic N) is 4. The van der Waals surface area contributed by atoms with Crippen molar-refractivity contribution in [2.45, 2.75) is 40.7 Å². The maximum absolute atomic E-state index is 13.6. The van der Waals surface area contributed by atoms with Crippen molar-refractivity contribution in [3.63, 3.8) is 0 Å². The van der Waals surface area contributed by atoms with Gasteiger partial charge in [-0.1, -0.05) is 24.8 Å². The van der Waals surface area contributed by atoms with E-state index in [0.29, 0.717) is 13.0 Å². The fraction of sp³-hybridized carbons (Fsp3) is 0.387. The molecule has 1 amide bonds. The van der Waals surface area contributed by atoms with E-state index in [2.05, 4.69) is 74.4 Å². The number of fused-ring (bicyclic) bond motifs is 2. The summed E-state index contributed by atoms with van der Waals surface area (Å²) in [5.74, 6) is 0.899. The molecular formula is C31H40N5OP. The van der Waals surface area contributed by atoms with Gasteiger partial charge in [0.05, 0.1) is 5.44 Å². The molecule has 2 aliphatic rings. The van der Waals surface area contributed by atoms with Crippen molar-refractivity contribution in [2.75, 3.05) is 39.9 Å². The summed E-state index contributed by atoms with van der Waals surface area (Å²) in [4.78, 5) is 28.0. The van der Waals surface area contributed by atoms with Gasteiger partial charge in [0.1, 0.15) is 5.82 Å². The number of hydrogen-bond acceptors (Lipinski definition) is 5. The zero-order chi connectivity index (χ0) is 27.4. The van der Waals surface area contributed by atoms with Crippen molar-refractivity contribution < 1.29 is 4.79 Å². The Morgan fingerprint density at radius 3 is 2.58 bits per heavy atom. The molecule has 0 aliphatic carbocycles. The molecular weight excluding hydrogens is 489 g/mol. The minimum atomic E-state index is -0.725. The molecule has 7 heteroatoms. The number of carbonyl (C=O) groups is 1. The predicted molar refractivity (Wildman–Crippen MR) is 162 cm³/mol. The molecule has 38 heavy (non-hydrogen) atoms. The van der Waals surface area contributed by atoms with Crippen molar-refractivity contribution in [1.82, 2.24) is 20.1 Å². The summed E-state index contributed by atoms with van der Waals surface area (Å²) in [6.45, 7) is 18.9. The Hall–Kier alpha value is -3.08. The highest BCUT2D eigenvalue weighted by Crippen LogP contribution is 2.49. The first kappa shape index (κ1) is 27.9. The second-order valence-electron chi connectivity index (χ2n) is 10.2. The standard InChI is InChI=1S/C31H40N5OP/c1-8-10-28(36-15-13-35(6)14-16-36)32-12-11-24-18-22(4)29-25(19-24)30(37)33-20-26-21(3)17-23(5)34-31(26)38(7)27(29)9-2/h8-10,12,17-19H,1,11,13-16,20H2,2-7H3,(H,33,37)/b27-9+,28-10+,32-12?. The van der Waals surface area contributed by atoms with Crippen LogP contribution in [0.3, 0.4) is 0 Å². The number of piperazine rings is 1. The molecule has 1 saturated heterocycles. The van der Waals surface area contributed by atoms with Crippen LogP contribution in [-0.4, -0.2) is 66.8 Å². The highest BCUT2D eigenvalue weighted by Gasteiger charge is 2.27. The molecule has 4 rings (SSSR count). The molecule has 1 unspecified atom stereocenters. The van der Waals surface area contributed by atoms with E-state index in [4.69, 9.17) is 9.98 Å². The van der Waals surface area contributed by atoms with E-state index in [-0.39, 0.29) is 5.91 Å². The van der Waals surface area contributed by atoms with Gasteiger partial charge in [0.2, 0.25) is 0 Å². The second-order valence-corrected chi connectivity index (χ2v) is 12.2. The fourth-order valence-corrected chi connectivity index (χ4v) is 7.55. The van der Waals surface area contributed by atoms with Crippen LogP contribution >= 0.6 is 7.92 Å². The molecule has 1 N–H and O–H groups in total. The van der Waals surface area contributed by atoms with Crippen molar-refractivity contribution in [2.24, 2.45) is 4.99 Å². The molecule has 1 aromatic carbocycles. The zero-order valence-corrected chi connectivity index (χ0v) is 24.5. The van der Waals surface area contributed by atoms with Crippen LogP contribution in [0, 0.1) is 20.8 Å². The van der Waals surface area contributed by atoms with Gasteiger partial charge < -0.3 is 15.1 Å². The SMILES string of the molecule is C=C/C=C(\N=CCc1cc(C)c2c(c1)C(=O)NCc1c(C)cc(C)nc1P(C)/C2=C/C)N1CCN(C)CC1. The number of carbonyl (C=O) groups excluding carboxylic acids is 1. The second kappa shape index (κ2) is 12.2. The van der Waals surface area contributed by atoms with Crippen molar-refractivity contribution in [3.8, 4) is 0 Å². The molecule has 2 aliphatic heterocycles. The lowest BCUT2D eigenvalue weighted by atomic mass is 9.96. The normalized spacial score (nSPS) is 20.0. The number of likely N-dealkylation sites (N-methyl/N-ethyl adjacent to an activating group) is 1. The minimum Gasteiger partial charge on any atom is -0.354 e. The number of aliphatic imine (C=N–C) groups is 1. The molecule has 1 aromatic heterocycles. The monoisotopic (exact) mass is 529 g/mol. The van der Waals surface area contributed by atoms with E-state index in [1.165, 1.54) is 10.9 Å². The Bertz CT molecular complexity index is 1320. The Labute approximate surface area is 229 Å². The van der Waals surface area contributed by atoms with E-state index in [1.807, 2.05) is 25.3 Å². The summed E-state index contributed by atoms with van der Waals surface area (Å²) in [6, 6.07) is 6.35. The van der Waals surface area contributed by atoms with Gasteiger partial charge in [0.15, 0.2) is 0 Å². The number of allylic oxidation sites excluding steroid dienone is 3. The van der Waals surface area contributed by atoms with Crippen molar-refractivity contribution in [1.29, 1.82) is 0 Å². The van der Waals surface area contributed by atoms with E-state index in [9.17, 15) is 4.79 Å². The van der Waals surface area contributed by atoms with Crippen molar-refractivity contribution >= 4 is 30.8 Å². The van der Waals surface area contributed by atoms with Crippen LogP contribution in [0.2, 0.25) is 0 Å². The van der Waals surface area contributed by atoms with Gasteiger partial charge in [-0.2, -0.15) is 0 Å². The Morgan fingerprint density at radius 1 is 1.16 bits per heavy atom. The first-order valence-corrected chi connectivity index (χ1v) is 15.1. The molecule has 0 saturated carbocycles. The lowest BCUT2D eigenvalue weighted by molar-refractivity contribution is 0.0950. The summed E-state index contributed by atoms with van der Waals surface area (Å²) >= 11 is 0. The Balaban J connectivity index is 1.66. The highest BCUT2D eigenvalue weighted by atomic mass is 31.1. The van der Waals surface area contributed by atoms with Crippen molar-refractivity contribution in [3.05, 3.63) is 87.9 Å². The average Bonchev–Trinajstić information content (AvgIpc) is 2.92. The predicted octanol–water partition coefficient (Wildman–Crippen LogP) is 4.94. The van der Waals surface area contributed by atoms with E-state index in [1.54, 1.807) is 6.08 Å². The smallest absolute Gasteiger partial charge is 0.252 e. The van der Waals surface area contributed by atoms with E-state index >= 15 is 0 Å². The van der Waals surface area contributed by atoms with Gasteiger partial charge in [-0.05, 0) is 95.1 Å². The van der Waals surface area contributed by atoms with E-state index < -0.39 is 7.92 Å². The number of aromatic nitrogens is 1. The lowest BCUT2D eigenvalue weighted by Gasteiger charge is -2.33. The zero-order valence-electron chi connectivity index (χ0n) is 23.6. The van der Waals surface area contributed by atoms with Crippen LogP contribution in [0.1, 0.15) is 50.8 Å². The Kier molecular flexibility index (Phi) is 8.96. The summed E-state index contributed by atoms with van der Waals surface area (Å²) in [5, 5.41) is 4.40. The van der Waals surface area contributed by atoms with Gasteiger partial charge in [-0.3, -0.25) is 9.78 Å². The first-order chi connectivity index (χ1) is 18.2. The minimum absolute atomic E-state index is 0.0397. The molecule has 200 valence electrons.